The number of anilines is 6. The lowest BCUT2D eigenvalue weighted by Crippen LogP contribution is -2.26. The number of hydrogen-bond acceptors (Lipinski definition) is 2. The van der Waals surface area contributed by atoms with Crippen molar-refractivity contribution in [1.29, 1.82) is 0 Å². The molecule has 11 aromatic rings. The summed E-state index contributed by atoms with van der Waals surface area (Å²) in [4.78, 5) is 4.87. The van der Waals surface area contributed by atoms with Crippen molar-refractivity contribution in [2.24, 2.45) is 0 Å². The van der Waals surface area contributed by atoms with Gasteiger partial charge in [-0.1, -0.05) is 218 Å². The van der Waals surface area contributed by atoms with E-state index >= 15 is 0 Å². The molecule has 13 rings (SSSR count). The molecule has 2 nitrogen and oxygen atoms in total. The van der Waals surface area contributed by atoms with E-state index in [1.165, 1.54) is 77.9 Å². The van der Waals surface area contributed by atoms with Gasteiger partial charge in [0, 0.05) is 33.9 Å². The summed E-state index contributed by atoms with van der Waals surface area (Å²) in [5.74, 6) is 0. The zero-order chi connectivity index (χ0) is 45.7. The first kappa shape index (κ1) is 40.3. The molecule has 0 amide bonds. The van der Waals surface area contributed by atoms with Gasteiger partial charge < -0.3 is 9.80 Å². The van der Waals surface area contributed by atoms with Gasteiger partial charge in [0.05, 0.1) is 16.8 Å². The van der Waals surface area contributed by atoms with Crippen molar-refractivity contribution in [2.45, 2.75) is 5.41 Å². The molecule has 1 spiro atoms. The van der Waals surface area contributed by atoms with Crippen molar-refractivity contribution < 1.29 is 0 Å². The molecule has 69 heavy (non-hydrogen) atoms. The van der Waals surface area contributed by atoms with Gasteiger partial charge in [-0.15, -0.1) is 0 Å². The molecule has 2 aliphatic rings. The van der Waals surface area contributed by atoms with Crippen LogP contribution in [-0.2, 0) is 5.41 Å². The molecular formula is C67H46N2. The Kier molecular flexibility index (Phi) is 9.77. The molecule has 324 valence electrons. The molecule has 1 atom stereocenters. The Balaban J connectivity index is 1.00. The van der Waals surface area contributed by atoms with Crippen molar-refractivity contribution >= 4 is 34.1 Å². The van der Waals surface area contributed by atoms with E-state index in [1.807, 2.05) is 0 Å². The van der Waals surface area contributed by atoms with Crippen LogP contribution in [-0.4, -0.2) is 0 Å². The molecule has 0 fully saturated rings. The third-order valence-corrected chi connectivity index (χ3v) is 14.3. The molecule has 0 saturated carbocycles. The summed E-state index contributed by atoms with van der Waals surface area (Å²) in [6.45, 7) is 0. The highest BCUT2D eigenvalue weighted by molar-refractivity contribution is 5.99. The summed E-state index contributed by atoms with van der Waals surface area (Å²) in [5.41, 5.74) is 23.5. The highest BCUT2D eigenvalue weighted by atomic mass is 15.2. The predicted octanol–water partition coefficient (Wildman–Crippen LogP) is 18.0. The largest absolute Gasteiger partial charge is 0.310 e. The average Bonchev–Trinajstić information content (AvgIpc) is 3.89. The van der Waals surface area contributed by atoms with Crippen molar-refractivity contribution in [3.05, 3.63) is 301 Å². The van der Waals surface area contributed by atoms with Crippen LogP contribution in [0.15, 0.2) is 279 Å². The first-order chi connectivity index (χ1) is 34.3. The number of nitrogens with zero attached hydrogens (tertiary/aromatic N) is 2. The Morgan fingerprint density at radius 3 is 0.986 bits per heavy atom. The van der Waals surface area contributed by atoms with Crippen LogP contribution in [0.5, 0.6) is 0 Å². The lowest BCUT2D eigenvalue weighted by Gasteiger charge is -2.32. The predicted molar refractivity (Wildman–Crippen MR) is 288 cm³/mol. The summed E-state index contributed by atoms with van der Waals surface area (Å²) >= 11 is 0. The van der Waals surface area contributed by atoms with E-state index in [0.717, 1.165) is 34.1 Å². The highest BCUT2D eigenvalue weighted by Gasteiger charge is 2.52. The Morgan fingerprint density at radius 1 is 0.203 bits per heavy atom. The van der Waals surface area contributed by atoms with Crippen LogP contribution in [0.4, 0.5) is 34.1 Å². The van der Waals surface area contributed by atoms with Crippen molar-refractivity contribution in [2.75, 3.05) is 9.80 Å². The summed E-state index contributed by atoms with van der Waals surface area (Å²) in [6.07, 6.45) is 0. The summed E-state index contributed by atoms with van der Waals surface area (Å²) < 4.78 is 0. The number of para-hydroxylation sites is 3. The van der Waals surface area contributed by atoms with Crippen LogP contribution in [0.2, 0.25) is 0 Å². The van der Waals surface area contributed by atoms with Gasteiger partial charge in [0.15, 0.2) is 0 Å². The maximum Gasteiger partial charge on any atom is 0.0725 e. The van der Waals surface area contributed by atoms with Crippen molar-refractivity contribution in [3.63, 3.8) is 0 Å². The summed E-state index contributed by atoms with van der Waals surface area (Å²) in [7, 11) is 0. The van der Waals surface area contributed by atoms with Crippen LogP contribution in [0.3, 0.4) is 0 Å². The molecule has 0 aromatic heterocycles. The Hall–Kier alpha value is -8.98. The summed E-state index contributed by atoms with van der Waals surface area (Å²) in [6, 6.07) is 102. The SMILES string of the molecule is c1ccc(-c2ccc(N(c3ccc4c(c3)-c3ccccc3C43c4ccccc4-c4cc(N(c5ccccc5)c5ccccc5-c5ccccc5)ccc43)c3ccccc3-c3ccccc3)cc2)cc1. The minimum atomic E-state index is -0.515. The normalized spacial score (nSPS) is 13.9. The van der Waals surface area contributed by atoms with Crippen LogP contribution >= 0.6 is 0 Å². The Bertz CT molecular complexity index is 3660. The number of fused-ring (bicyclic) bond motifs is 10. The van der Waals surface area contributed by atoms with Crippen LogP contribution in [0.25, 0.3) is 55.6 Å². The molecular weight excluding hydrogens is 833 g/mol. The molecule has 2 aliphatic carbocycles. The molecule has 11 aromatic carbocycles. The van der Waals surface area contributed by atoms with Gasteiger partial charge >= 0.3 is 0 Å². The van der Waals surface area contributed by atoms with Crippen molar-refractivity contribution in [3.8, 4) is 55.6 Å². The smallest absolute Gasteiger partial charge is 0.0725 e. The first-order valence-corrected chi connectivity index (χ1v) is 23.8. The number of hydrogen-bond donors (Lipinski definition) is 0. The van der Waals surface area contributed by atoms with E-state index in [-0.39, 0.29) is 0 Å². The molecule has 0 radical (unpaired) electrons. The summed E-state index contributed by atoms with van der Waals surface area (Å²) in [5, 5.41) is 0. The van der Waals surface area contributed by atoms with Crippen molar-refractivity contribution in [1.82, 2.24) is 0 Å². The lowest BCUT2D eigenvalue weighted by molar-refractivity contribution is 0.794. The van der Waals surface area contributed by atoms with Crippen LogP contribution in [0, 0.1) is 0 Å². The fourth-order valence-electron chi connectivity index (χ4n) is 11.3. The fourth-order valence-corrected chi connectivity index (χ4v) is 11.3. The molecule has 2 heteroatoms. The first-order valence-electron chi connectivity index (χ1n) is 23.8. The van der Waals surface area contributed by atoms with E-state index < -0.39 is 5.41 Å². The van der Waals surface area contributed by atoms with E-state index in [4.69, 9.17) is 0 Å². The quantitative estimate of drug-likeness (QED) is 0.143. The van der Waals surface area contributed by atoms with Crippen LogP contribution < -0.4 is 9.80 Å². The molecule has 0 aliphatic heterocycles. The van der Waals surface area contributed by atoms with Gasteiger partial charge in [0.25, 0.3) is 0 Å². The maximum absolute atomic E-state index is 2.45. The minimum absolute atomic E-state index is 0.515. The van der Waals surface area contributed by atoms with Gasteiger partial charge in [-0.05, 0) is 127 Å². The second-order valence-electron chi connectivity index (χ2n) is 18.0. The van der Waals surface area contributed by atoms with E-state index in [1.54, 1.807) is 0 Å². The van der Waals surface area contributed by atoms with Gasteiger partial charge in [0.2, 0.25) is 0 Å². The Labute approximate surface area is 404 Å². The monoisotopic (exact) mass is 878 g/mol. The number of rotatable bonds is 9. The Morgan fingerprint density at radius 2 is 0.522 bits per heavy atom. The minimum Gasteiger partial charge on any atom is -0.310 e. The van der Waals surface area contributed by atoms with E-state index in [2.05, 4.69) is 289 Å². The standard InChI is InChI=1S/C67H46N2/c1-5-21-47(22-6-1)48-37-39-52(40-38-48)69(66-36-20-16-30-56(66)50-25-9-3-10-26-50)54-42-44-64-60(46-54)58-32-14-18-34-62(58)67(64)61-33-17-13-31-57(61)59-45-53(41-43-63(59)67)68(51-27-11-4-12-28-51)65-35-19-15-29-55(65)49-23-7-2-8-24-49/h1-46H. The van der Waals surface area contributed by atoms with Gasteiger partial charge in [-0.3, -0.25) is 0 Å². The zero-order valence-electron chi connectivity index (χ0n) is 38.0. The van der Waals surface area contributed by atoms with Gasteiger partial charge in [-0.2, -0.15) is 0 Å². The molecule has 1 unspecified atom stereocenters. The number of benzene rings is 11. The molecule has 0 saturated heterocycles. The maximum atomic E-state index is 2.45. The third kappa shape index (κ3) is 6.56. The van der Waals surface area contributed by atoms with Crippen LogP contribution in [0.1, 0.15) is 22.3 Å². The second-order valence-corrected chi connectivity index (χ2v) is 18.0. The second kappa shape index (κ2) is 16.7. The van der Waals surface area contributed by atoms with E-state index in [0.29, 0.717) is 0 Å². The molecule has 0 N–H and O–H groups in total. The topological polar surface area (TPSA) is 6.48 Å². The van der Waals surface area contributed by atoms with Gasteiger partial charge in [0.1, 0.15) is 0 Å². The van der Waals surface area contributed by atoms with E-state index in [9.17, 15) is 0 Å². The highest BCUT2D eigenvalue weighted by Crippen LogP contribution is 2.64. The fraction of sp³-hybridized carbons (Fsp3) is 0.0149. The third-order valence-electron chi connectivity index (χ3n) is 14.3. The zero-order valence-corrected chi connectivity index (χ0v) is 38.0. The van der Waals surface area contributed by atoms with Gasteiger partial charge in [-0.25, -0.2) is 0 Å². The lowest BCUT2D eigenvalue weighted by atomic mass is 9.70. The molecule has 0 heterocycles. The molecule has 0 bridgehead atoms. The average molecular weight is 879 g/mol.